The normalized spacial score (nSPS) is 16.9. The van der Waals surface area contributed by atoms with Crippen molar-refractivity contribution < 1.29 is 14.3 Å². The summed E-state index contributed by atoms with van der Waals surface area (Å²) >= 11 is 0. The molecule has 1 saturated heterocycles. The lowest BCUT2D eigenvalue weighted by molar-refractivity contribution is -0.143. The van der Waals surface area contributed by atoms with Crippen molar-refractivity contribution in [3.05, 3.63) is 0 Å². The molecule has 0 N–H and O–H groups in total. The Labute approximate surface area is 103 Å². The highest BCUT2D eigenvalue weighted by molar-refractivity contribution is 5.73. The molecule has 0 radical (unpaired) electrons. The summed E-state index contributed by atoms with van der Waals surface area (Å²) in [6.45, 7) is 5.67. The molecule has 1 aliphatic heterocycles. The van der Waals surface area contributed by atoms with Crippen molar-refractivity contribution in [2.45, 2.75) is 46.0 Å². The molecule has 1 rings (SSSR count). The minimum Gasteiger partial charge on any atom is -0.466 e. The predicted molar refractivity (Wildman–Crippen MR) is 65.5 cm³/mol. The van der Waals surface area contributed by atoms with E-state index in [4.69, 9.17) is 4.74 Å². The van der Waals surface area contributed by atoms with Crippen molar-refractivity contribution in [1.29, 1.82) is 0 Å². The first-order chi connectivity index (χ1) is 8.13. The quantitative estimate of drug-likeness (QED) is 0.691. The first kappa shape index (κ1) is 14.0. The number of ether oxygens (including phenoxy) is 1. The van der Waals surface area contributed by atoms with Gasteiger partial charge >= 0.3 is 5.97 Å². The molecule has 4 heteroatoms. The Morgan fingerprint density at radius 2 is 1.94 bits per heavy atom. The van der Waals surface area contributed by atoms with Crippen LogP contribution in [0.3, 0.4) is 0 Å². The Kier molecular flexibility index (Phi) is 6.01. The van der Waals surface area contributed by atoms with Gasteiger partial charge in [-0.05, 0) is 38.5 Å². The monoisotopic (exact) mass is 241 g/mol. The van der Waals surface area contributed by atoms with Crippen LogP contribution in [0.25, 0.3) is 0 Å². The molecule has 0 bridgehead atoms. The van der Waals surface area contributed by atoms with E-state index in [2.05, 4.69) is 0 Å². The van der Waals surface area contributed by atoms with E-state index in [1.54, 1.807) is 6.92 Å². The number of carbonyl (C=O) groups is 2. The Bertz CT molecular complexity index is 257. The number of hydrogen-bond donors (Lipinski definition) is 0. The van der Waals surface area contributed by atoms with Gasteiger partial charge in [0.05, 0.1) is 6.61 Å². The Morgan fingerprint density at radius 1 is 1.29 bits per heavy atom. The van der Waals surface area contributed by atoms with Crippen molar-refractivity contribution in [1.82, 2.24) is 4.90 Å². The predicted octanol–water partition coefficient (Wildman–Crippen LogP) is 1.98. The molecule has 98 valence electrons. The van der Waals surface area contributed by atoms with Crippen LogP contribution in [0.4, 0.5) is 0 Å². The second-order valence-corrected chi connectivity index (χ2v) is 4.65. The molecular weight excluding hydrogens is 218 g/mol. The lowest BCUT2D eigenvalue weighted by Gasteiger charge is -2.31. The van der Waals surface area contributed by atoms with Crippen LogP contribution in [-0.4, -0.2) is 36.5 Å². The van der Waals surface area contributed by atoms with Crippen molar-refractivity contribution >= 4 is 11.9 Å². The smallest absolute Gasteiger partial charge is 0.305 e. The highest BCUT2D eigenvalue weighted by atomic mass is 16.5. The third kappa shape index (κ3) is 5.20. The van der Waals surface area contributed by atoms with E-state index in [0.29, 0.717) is 18.9 Å². The number of rotatable bonds is 5. The largest absolute Gasteiger partial charge is 0.466 e. The molecule has 0 saturated carbocycles. The molecular formula is C13H23NO3. The van der Waals surface area contributed by atoms with E-state index in [1.807, 2.05) is 11.8 Å². The van der Waals surface area contributed by atoms with Crippen LogP contribution >= 0.6 is 0 Å². The maximum absolute atomic E-state index is 11.2. The summed E-state index contributed by atoms with van der Waals surface area (Å²) < 4.78 is 4.89. The fourth-order valence-electron chi connectivity index (χ4n) is 2.30. The van der Waals surface area contributed by atoms with Gasteiger partial charge in [-0.25, -0.2) is 0 Å². The Hall–Kier alpha value is -1.06. The SMILES string of the molecule is CCOC(=O)CCCC1CCN(C(C)=O)CC1. The van der Waals surface area contributed by atoms with Crippen LogP contribution in [-0.2, 0) is 14.3 Å². The lowest BCUT2D eigenvalue weighted by Crippen LogP contribution is -2.36. The number of hydrogen-bond acceptors (Lipinski definition) is 3. The van der Waals surface area contributed by atoms with Gasteiger partial charge in [0, 0.05) is 26.4 Å². The number of piperidine rings is 1. The van der Waals surface area contributed by atoms with Crippen LogP contribution in [0.5, 0.6) is 0 Å². The summed E-state index contributed by atoms with van der Waals surface area (Å²) in [5.41, 5.74) is 0. The molecule has 0 aromatic heterocycles. The Balaban J connectivity index is 2.10. The second kappa shape index (κ2) is 7.30. The number of nitrogens with zero attached hydrogens (tertiary/aromatic N) is 1. The highest BCUT2D eigenvalue weighted by Gasteiger charge is 2.20. The average Bonchev–Trinajstić information content (AvgIpc) is 2.30. The summed E-state index contributed by atoms with van der Waals surface area (Å²) in [4.78, 5) is 24.2. The molecule has 17 heavy (non-hydrogen) atoms. The fourth-order valence-corrected chi connectivity index (χ4v) is 2.30. The van der Waals surface area contributed by atoms with Gasteiger partial charge < -0.3 is 9.64 Å². The molecule has 0 aromatic carbocycles. The van der Waals surface area contributed by atoms with Gasteiger partial charge in [0.15, 0.2) is 0 Å². The summed E-state index contributed by atoms with van der Waals surface area (Å²) in [5.74, 6) is 0.753. The molecule has 4 nitrogen and oxygen atoms in total. The standard InChI is InChI=1S/C13H23NO3/c1-3-17-13(16)6-4-5-12-7-9-14(10-8-12)11(2)15/h12H,3-10H2,1-2H3. The second-order valence-electron chi connectivity index (χ2n) is 4.65. The zero-order chi connectivity index (χ0) is 12.7. The number of amides is 1. The summed E-state index contributed by atoms with van der Waals surface area (Å²) in [7, 11) is 0. The van der Waals surface area contributed by atoms with E-state index in [1.165, 1.54) is 0 Å². The molecule has 0 aromatic rings. The van der Waals surface area contributed by atoms with Crippen molar-refractivity contribution in [3.63, 3.8) is 0 Å². The van der Waals surface area contributed by atoms with E-state index >= 15 is 0 Å². The van der Waals surface area contributed by atoms with E-state index in [-0.39, 0.29) is 11.9 Å². The first-order valence-electron chi connectivity index (χ1n) is 6.54. The number of likely N-dealkylation sites (tertiary alicyclic amines) is 1. The Morgan fingerprint density at radius 3 is 2.47 bits per heavy atom. The summed E-state index contributed by atoms with van der Waals surface area (Å²) in [6, 6.07) is 0. The van der Waals surface area contributed by atoms with E-state index in [0.717, 1.165) is 38.8 Å². The lowest BCUT2D eigenvalue weighted by atomic mass is 9.91. The summed E-state index contributed by atoms with van der Waals surface area (Å²) in [6.07, 6.45) is 4.65. The molecule has 0 spiro atoms. The zero-order valence-corrected chi connectivity index (χ0v) is 10.9. The van der Waals surface area contributed by atoms with Gasteiger partial charge in [-0.2, -0.15) is 0 Å². The van der Waals surface area contributed by atoms with E-state index in [9.17, 15) is 9.59 Å². The van der Waals surface area contributed by atoms with Gasteiger partial charge in [-0.15, -0.1) is 0 Å². The average molecular weight is 241 g/mol. The molecule has 0 aliphatic carbocycles. The summed E-state index contributed by atoms with van der Waals surface area (Å²) in [5, 5.41) is 0. The maximum Gasteiger partial charge on any atom is 0.305 e. The zero-order valence-electron chi connectivity index (χ0n) is 10.9. The molecule has 0 unspecified atom stereocenters. The third-order valence-corrected chi connectivity index (χ3v) is 3.36. The van der Waals surface area contributed by atoms with Gasteiger partial charge in [0.2, 0.25) is 5.91 Å². The molecule has 1 fully saturated rings. The number of esters is 1. The van der Waals surface area contributed by atoms with Crippen LogP contribution in [0.1, 0.15) is 46.0 Å². The number of carbonyl (C=O) groups excluding carboxylic acids is 2. The molecule has 0 atom stereocenters. The third-order valence-electron chi connectivity index (χ3n) is 3.36. The minimum absolute atomic E-state index is 0.0892. The fraction of sp³-hybridized carbons (Fsp3) is 0.846. The van der Waals surface area contributed by atoms with Gasteiger partial charge in [-0.3, -0.25) is 9.59 Å². The van der Waals surface area contributed by atoms with Crippen molar-refractivity contribution in [2.24, 2.45) is 5.92 Å². The highest BCUT2D eigenvalue weighted by Crippen LogP contribution is 2.22. The van der Waals surface area contributed by atoms with Crippen LogP contribution < -0.4 is 0 Å². The topological polar surface area (TPSA) is 46.6 Å². The van der Waals surface area contributed by atoms with Gasteiger partial charge in [0.1, 0.15) is 0 Å². The molecule has 1 amide bonds. The van der Waals surface area contributed by atoms with Crippen LogP contribution in [0.15, 0.2) is 0 Å². The van der Waals surface area contributed by atoms with Crippen LogP contribution in [0.2, 0.25) is 0 Å². The van der Waals surface area contributed by atoms with Crippen LogP contribution in [0, 0.1) is 5.92 Å². The first-order valence-corrected chi connectivity index (χ1v) is 6.54. The molecule has 1 aliphatic rings. The maximum atomic E-state index is 11.2. The molecule has 1 heterocycles. The van der Waals surface area contributed by atoms with Gasteiger partial charge in [0.25, 0.3) is 0 Å². The van der Waals surface area contributed by atoms with Crippen molar-refractivity contribution in [3.8, 4) is 0 Å². The van der Waals surface area contributed by atoms with E-state index < -0.39 is 0 Å². The minimum atomic E-state index is -0.0892. The van der Waals surface area contributed by atoms with Crippen molar-refractivity contribution in [2.75, 3.05) is 19.7 Å². The van der Waals surface area contributed by atoms with Gasteiger partial charge in [-0.1, -0.05) is 0 Å².